The van der Waals surface area contributed by atoms with Crippen molar-refractivity contribution in [2.75, 3.05) is 19.6 Å². The standard InChI is InChI=1S/C16H30N2O.ClH/c1-13-2-4-15(5-3-13)12-18-16(19)7-6-14-8-10-17-11-9-14;/h13-15,17H,2-12H2,1H3,(H,18,19);1H. The van der Waals surface area contributed by atoms with Gasteiger partial charge in [0.05, 0.1) is 0 Å². The Hall–Kier alpha value is -0.280. The monoisotopic (exact) mass is 302 g/mol. The van der Waals surface area contributed by atoms with Crippen LogP contribution in [0.25, 0.3) is 0 Å². The molecule has 3 nitrogen and oxygen atoms in total. The van der Waals surface area contributed by atoms with Crippen LogP contribution in [0.5, 0.6) is 0 Å². The SMILES string of the molecule is CC1CCC(CNC(=O)CCC2CCNCC2)CC1.Cl. The Balaban J connectivity index is 0.00000200. The Kier molecular flexibility index (Phi) is 8.55. The number of nitrogens with one attached hydrogen (secondary N) is 2. The Morgan fingerprint density at radius 3 is 2.35 bits per heavy atom. The molecule has 4 heteroatoms. The lowest BCUT2D eigenvalue weighted by atomic mass is 9.83. The molecule has 2 fully saturated rings. The molecule has 1 saturated carbocycles. The van der Waals surface area contributed by atoms with Gasteiger partial charge in [-0.1, -0.05) is 19.8 Å². The molecule has 1 aliphatic heterocycles. The summed E-state index contributed by atoms with van der Waals surface area (Å²) in [4.78, 5) is 11.9. The van der Waals surface area contributed by atoms with Crippen LogP contribution in [0, 0.1) is 17.8 Å². The van der Waals surface area contributed by atoms with E-state index in [1.165, 1.54) is 38.5 Å². The molecule has 0 atom stereocenters. The molecule has 0 aromatic carbocycles. The molecule has 0 bridgehead atoms. The second-order valence-corrected chi connectivity index (χ2v) is 6.66. The van der Waals surface area contributed by atoms with Gasteiger partial charge in [0.1, 0.15) is 0 Å². The van der Waals surface area contributed by atoms with E-state index in [0.29, 0.717) is 0 Å². The van der Waals surface area contributed by atoms with Crippen LogP contribution in [0.3, 0.4) is 0 Å². The van der Waals surface area contributed by atoms with Crippen LogP contribution < -0.4 is 10.6 Å². The van der Waals surface area contributed by atoms with Gasteiger partial charge in [-0.25, -0.2) is 0 Å². The molecule has 1 amide bonds. The third kappa shape index (κ3) is 6.45. The maximum Gasteiger partial charge on any atom is 0.220 e. The van der Waals surface area contributed by atoms with Crippen molar-refractivity contribution >= 4 is 18.3 Å². The molecule has 2 aliphatic rings. The Morgan fingerprint density at radius 2 is 1.70 bits per heavy atom. The third-order valence-corrected chi connectivity index (χ3v) is 4.96. The van der Waals surface area contributed by atoms with Crippen LogP contribution in [0.15, 0.2) is 0 Å². The van der Waals surface area contributed by atoms with Crippen LogP contribution in [0.4, 0.5) is 0 Å². The van der Waals surface area contributed by atoms with Crippen molar-refractivity contribution in [3.63, 3.8) is 0 Å². The van der Waals surface area contributed by atoms with Crippen LogP contribution in [-0.2, 0) is 4.79 Å². The van der Waals surface area contributed by atoms with Crippen molar-refractivity contribution in [2.24, 2.45) is 17.8 Å². The van der Waals surface area contributed by atoms with E-state index in [1.807, 2.05) is 0 Å². The molecule has 1 aliphatic carbocycles. The molecule has 118 valence electrons. The molecular weight excluding hydrogens is 272 g/mol. The van der Waals surface area contributed by atoms with E-state index >= 15 is 0 Å². The topological polar surface area (TPSA) is 41.1 Å². The predicted octanol–water partition coefficient (Wildman–Crippen LogP) is 3.13. The first-order valence-corrected chi connectivity index (χ1v) is 8.21. The van der Waals surface area contributed by atoms with E-state index in [4.69, 9.17) is 0 Å². The van der Waals surface area contributed by atoms with Crippen molar-refractivity contribution < 1.29 is 4.79 Å². The molecule has 0 spiro atoms. The predicted molar refractivity (Wildman–Crippen MR) is 86.2 cm³/mol. The highest BCUT2D eigenvalue weighted by Gasteiger charge is 2.19. The van der Waals surface area contributed by atoms with Gasteiger partial charge in [-0.05, 0) is 62.9 Å². The second-order valence-electron chi connectivity index (χ2n) is 6.66. The van der Waals surface area contributed by atoms with E-state index < -0.39 is 0 Å². The number of hydrogen-bond donors (Lipinski definition) is 2. The molecule has 2 rings (SSSR count). The number of carbonyl (C=O) groups is 1. The minimum Gasteiger partial charge on any atom is -0.356 e. The minimum atomic E-state index is 0. The quantitative estimate of drug-likeness (QED) is 0.819. The summed E-state index contributed by atoms with van der Waals surface area (Å²) in [5.41, 5.74) is 0. The normalized spacial score (nSPS) is 27.6. The van der Waals surface area contributed by atoms with Gasteiger partial charge in [0.25, 0.3) is 0 Å². The fourth-order valence-corrected chi connectivity index (χ4v) is 3.39. The highest BCUT2D eigenvalue weighted by atomic mass is 35.5. The average Bonchev–Trinajstić information content (AvgIpc) is 2.45. The fraction of sp³-hybridized carbons (Fsp3) is 0.938. The van der Waals surface area contributed by atoms with Crippen molar-refractivity contribution in [1.82, 2.24) is 10.6 Å². The van der Waals surface area contributed by atoms with E-state index in [2.05, 4.69) is 17.6 Å². The third-order valence-electron chi connectivity index (χ3n) is 4.96. The Labute approximate surface area is 130 Å². The van der Waals surface area contributed by atoms with Gasteiger partial charge in [0, 0.05) is 13.0 Å². The summed E-state index contributed by atoms with van der Waals surface area (Å²) in [6.45, 7) is 5.52. The molecule has 1 saturated heterocycles. The number of hydrogen-bond acceptors (Lipinski definition) is 2. The van der Waals surface area contributed by atoms with Crippen molar-refractivity contribution in [3.05, 3.63) is 0 Å². The summed E-state index contributed by atoms with van der Waals surface area (Å²) >= 11 is 0. The summed E-state index contributed by atoms with van der Waals surface area (Å²) in [5, 5.41) is 6.53. The summed E-state index contributed by atoms with van der Waals surface area (Å²) in [6, 6.07) is 0. The first-order chi connectivity index (χ1) is 9.24. The van der Waals surface area contributed by atoms with Gasteiger partial charge in [-0.3, -0.25) is 4.79 Å². The van der Waals surface area contributed by atoms with Gasteiger partial charge in [0.15, 0.2) is 0 Å². The van der Waals surface area contributed by atoms with E-state index in [9.17, 15) is 4.79 Å². The van der Waals surface area contributed by atoms with Gasteiger partial charge in [-0.15, -0.1) is 12.4 Å². The molecule has 0 aromatic heterocycles. The number of carbonyl (C=O) groups excluding carboxylic acids is 1. The highest BCUT2D eigenvalue weighted by Crippen LogP contribution is 2.27. The number of piperidine rings is 1. The van der Waals surface area contributed by atoms with Crippen molar-refractivity contribution in [3.8, 4) is 0 Å². The second kappa shape index (κ2) is 9.62. The van der Waals surface area contributed by atoms with Gasteiger partial charge >= 0.3 is 0 Å². The lowest BCUT2D eigenvalue weighted by Gasteiger charge is -2.26. The van der Waals surface area contributed by atoms with Crippen LogP contribution in [0.2, 0.25) is 0 Å². The Bertz CT molecular complexity index is 272. The first-order valence-electron chi connectivity index (χ1n) is 8.21. The smallest absolute Gasteiger partial charge is 0.220 e. The van der Waals surface area contributed by atoms with Crippen LogP contribution >= 0.6 is 12.4 Å². The molecule has 0 unspecified atom stereocenters. The minimum absolute atomic E-state index is 0. The molecular formula is C16H31ClN2O. The van der Waals surface area contributed by atoms with Crippen LogP contribution in [-0.4, -0.2) is 25.5 Å². The van der Waals surface area contributed by atoms with Gasteiger partial charge in [-0.2, -0.15) is 0 Å². The number of amides is 1. The zero-order valence-electron chi connectivity index (χ0n) is 12.8. The zero-order valence-corrected chi connectivity index (χ0v) is 13.6. The number of halogens is 1. The first kappa shape index (κ1) is 17.8. The summed E-state index contributed by atoms with van der Waals surface area (Å²) in [7, 11) is 0. The molecule has 2 N–H and O–H groups in total. The number of rotatable bonds is 5. The van der Waals surface area contributed by atoms with Crippen molar-refractivity contribution in [1.29, 1.82) is 0 Å². The summed E-state index contributed by atoms with van der Waals surface area (Å²) < 4.78 is 0. The van der Waals surface area contributed by atoms with E-state index in [-0.39, 0.29) is 18.3 Å². The summed E-state index contributed by atoms with van der Waals surface area (Å²) in [6.07, 6.45) is 9.58. The highest BCUT2D eigenvalue weighted by molar-refractivity contribution is 5.85. The van der Waals surface area contributed by atoms with Crippen molar-refractivity contribution in [2.45, 2.75) is 58.3 Å². The summed E-state index contributed by atoms with van der Waals surface area (Å²) in [5.74, 6) is 2.67. The zero-order chi connectivity index (χ0) is 13.5. The van der Waals surface area contributed by atoms with Gasteiger partial charge < -0.3 is 10.6 Å². The van der Waals surface area contributed by atoms with E-state index in [1.54, 1.807) is 0 Å². The molecule has 0 radical (unpaired) electrons. The lowest BCUT2D eigenvalue weighted by molar-refractivity contribution is -0.121. The maximum absolute atomic E-state index is 11.9. The molecule has 20 heavy (non-hydrogen) atoms. The Morgan fingerprint density at radius 1 is 1.05 bits per heavy atom. The average molecular weight is 303 g/mol. The molecule has 1 heterocycles. The van der Waals surface area contributed by atoms with Gasteiger partial charge in [0.2, 0.25) is 5.91 Å². The van der Waals surface area contributed by atoms with E-state index in [0.717, 1.165) is 50.2 Å². The fourth-order valence-electron chi connectivity index (χ4n) is 3.39. The molecule has 0 aromatic rings. The maximum atomic E-state index is 11.9. The lowest BCUT2D eigenvalue weighted by Crippen LogP contribution is -2.32. The largest absolute Gasteiger partial charge is 0.356 e. The van der Waals surface area contributed by atoms with Crippen LogP contribution in [0.1, 0.15) is 58.3 Å².